The lowest BCUT2D eigenvalue weighted by molar-refractivity contribution is 0.405. The van der Waals surface area contributed by atoms with Gasteiger partial charge in [0.15, 0.2) is 0 Å². The Balaban J connectivity index is 2.52. The Morgan fingerprint density at radius 1 is 1.40 bits per heavy atom. The summed E-state index contributed by atoms with van der Waals surface area (Å²) in [4.78, 5) is 0. The molecule has 4 nitrogen and oxygen atoms in total. The summed E-state index contributed by atoms with van der Waals surface area (Å²) >= 11 is 0. The highest BCUT2D eigenvalue weighted by Crippen LogP contribution is 2.27. The standard InChI is InChI=1S/C10H22N2O2S/c1-2-7-15(13,14)12-10(8-11)9-5-3-4-6-9/h9-10,12H,2-8,11H2,1H3. The first kappa shape index (κ1) is 12.9. The second-order valence-electron chi connectivity index (χ2n) is 4.32. The molecule has 1 rings (SSSR count). The number of nitrogens with two attached hydrogens (primary N) is 1. The van der Waals surface area contributed by atoms with Gasteiger partial charge in [-0.2, -0.15) is 0 Å². The van der Waals surface area contributed by atoms with Crippen molar-refractivity contribution in [3.63, 3.8) is 0 Å². The highest BCUT2D eigenvalue weighted by molar-refractivity contribution is 7.89. The SMILES string of the molecule is CCCS(=O)(=O)NC(CN)C1CCCC1. The third-order valence-electron chi connectivity index (χ3n) is 3.03. The number of nitrogens with one attached hydrogen (secondary N) is 1. The van der Waals surface area contributed by atoms with Crippen LogP contribution in [0.25, 0.3) is 0 Å². The maximum Gasteiger partial charge on any atom is 0.211 e. The van der Waals surface area contributed by atoms with Crippen LogP contribution in [0, 0.1) is 5.92 Å². The lowest BCUT2D eigenvalue weighted by atomic mass is 9.99. The molecule has 90 valence electrons. The lowest BCUT2D eigenvalue weighted by Gasteiger charge is -2.22. The second kappa shape index (κ2) is 5.82. The van der Waals surface area contributed by atoms with Gasteiger partial charge in [0, 0.05) is 12.6 Å². The summed E-state index contributed by atoms with van der Waals surface area (Å²) in [5.74, 6) is 0.651. The van der Waals surface area contributed by atoms with Crippen molar-refractivity contribution >= 4 is 10.0 Å². The molecule has 5 heteroatoms. The Kier molecular flexibility index (Phi) is 5.02. The molecule has 0 heterocycles. The molecule has 0 amide bonds. The zero-order valence-electron chi connectivity index (χ0n) is 9.41. The van der Waals surface area contributed by atoms with Crippen LogP contribution in [0.2, 0.25) is 0 Å². The van der Waals surface area contributed by atoms with E-state index < -0.39 is 10.0 Å². The largest absolute Gasteiger partial charge is 0.329 e. The minimum Gasteiger partial charge on any atom is -0.329 e. The normalized spacial score (nSPS) is 20.7. The van der Waals surface area contributed by atoms with E-state index in [1.165, 1.54) is 12.8 Å². The van der Waals surface area contributed by atoms with E-state index in [0.717, 1.165) is 12.8 Å². The van der Waals surface area contributed by atoms with Gasteiger partial charge in [0.05, 0.1) is 5.75 Å². The third kappa shape index (κ3) is 4.09. The maximum atomic E-state index is 11.6. The first-order chi connectivity index (χ1) is 7.09. The van der Waals surface area contributed by atoms with Crippen LogP contribution < -0.4 is 10.5 Å². The Labute approximate surface area is 92.7 Å². The van der Waals surface area contributed by atoms with Crippen LogP contribution >= 0.6 is 0 Å². The Hall–Kier alpha value is -0.130. The van der Waals surface area contributed by atoms with Crippen LogP contribution in [0.15, 0.2) is 0 Å². The number of sulfonamides is 1. The molecule has 1 fully saturated rings. The monoisotopic (exact) mass is 234 g/mol. The fraction of sp³-hybridized carbons (Fsp3) is 1.00. The van der Waals surface area contributed by atoms with Crippen molar-refractivity contribution < 1.29 is 8.42 Å². The quantitative estimate of drug-likeness (QED) is 0.715. The molecule has 3 N–H and O–H groups in total. The van der Waals surface area contributed by atoms with Crippen molar-refractivity contribution in [2.45, 2.75) is 45.1 Å². The molecular formula is C10H22N2O2S. The van der Waals surface area contributed by atoms with Crippen molar-refractivity contribution in [3.8, 4) is 0 Å². The minimum atomic E-state index is -3.11. The van der Waals surface area contributed by atoms with Gasteiger partial charge in [-0.15, -0.1) is 0 Å². The average Bonchev–Trinajstić information content (AvgIpc) is 2.67. The molecule has 0 saturated heterocycles. The average molecular weight is 234 g/mol. The Bertz CT molecular complexity index is 271. The third-order valence-corrected chi connectivity index (χ3v) is 4.63. The number of hydrogen-bond donors (Lipinski definition) is 2. The summed E-state index contributed by atoms with van der Waals surface area (Å²) in [6.45, 7) is 2.28. The van der Waals surface area contributed by atoms with Gasteiger partial charge in [0.1, 0.15) is 0 Å². The van der Waals surface area contributed by atoms with Crippen LogP contribution in [0.4, 0.5) is 0 Å². The van der Waals surface area contributed by atoms with E-state index in [-0.39, 0.29) is 11.8 Å². The van der Waals surface area contributed by atoms with Crippen molar-refractivity contribution in [2.24, 2.45) is 11.7 Å². The Morgan fingerprint density at radius 3 is 2.47 bits per heavy atom. The molecule has 0 spiro atoms. The second-order valence-corrected chi connectivity index (χ2v) is 6.20. The van der Waals surface area contributed by atoms with E-state index in [1.54, 1.807) is 0 Å². The summed E-state index contributed by atoms with van der Waals surface area (Å²) in [6, 6.07) is -0.0518. The highest BCUT2D eigenvalue weighted by Gasteiger charge is 2.26. The first-order valence-electron chi connectivity index (χ1n) is 5.79. The smallest absolute Gasteiger partial charge is 0.211 e. The molecule has 0 radical (unpaired) electrons. The van der Waals surface area contributed by atoms with Crippen LogP contribution in [0.5, 0.6) is 0 Å². The van der Waals surface area contributed by atoms with E-state index in [9.17, 15) is 8.42 Å². The van der Waals surface area contributed by atoms with Crippen molar-refractivity contribution in [2.75, 3.05) is 12.3 Å². The molecule has 1 aliphatic carbocycles. The van der Waals surface area contributed by atoms with E-state index in [1.807, 2.05) is 6.92 Å². The van der Waals surface area contributed by atoms with E-state index >= 15 is 0 Å². The molecule has 1 aliphatic rings. The molecule has 0 aromatic rings. The van der Waals surface area contributed by atoms with E-state index in [0.29, 0.717) is 18.9 Å². The van der Waals surface area contributed by atoms with Crippen LogP contribution in [0.3, 0.4) is 0 Å². The molecule has 0 aromatic carbocycles. The summed E-state index contributed by atoms with van der Waals surface area (Å²) in [7, 11) is -3.11. The van der Waals surface area contributed by atoms with E-state index in [2.05, 4.69) is 4.72 Å². The zero-order valence-corrected chi connectivity index (χ0v) is 10.2. The predicted molar refractivity (Wildman–Crippen MR) is 62.0 cm³/mol. The minimum absolute atomic E-state index is 0.0518. The predicted octanol–water partition coefficient (Wildman–Crippen LogP) is 0.833. The van der Waals surface area contributed by atoms with Gasteiger partial charge >= 0.3 is 0 Å². The van der Waals surface area contributed by atoms with E-state index in [4.69, 9.17) is 5.73 Å². The highest BCUT2D eigenvalue weighted by atomic mass is 32.2. The first-order valence-corrected chi connectivity index (χ1v) is 7.44. The van der Waals surface area contributed by atoms with Crippen molar-refractivity contribution in [3.05, 3.63) is 0 Å². The zero-order chi connectivity index (χ0) is 11.3. The van der Waals surface area contributed by atoms with Gasteiger partial charge in [0.25, 0.3) is 0 Å². The van der Waals surface area contributed by atoms with Crippen molar-refractivity contribution in [1.82, 2.24) is 4.72 Å². The lowest BCUT2D eigenvalue weighted by Crippen LogP contribution is -2.45. The van der Waals surface area contributed by atoms with Crippen LogP contribution in [-0.4, -0.2) is 26.8 Å². The topological polar surface area (TPSA) is 72.2 Å². The maximum absolute atomic E-state index is 11.6. The molecule has 0 aliphatic heterocycles. The van der Waals surface area contributed by atoms with Gasteiger partial charge in [-0.25, -0.2) is 13.1 Å². The molecule has 1 atom stereocenters. The number of hydrogen-bond acceptors (Lipinski definition) is 3. The van der Waals surface area contributed by atoms with Crippen LogP contribution in [-0.2, 0) is 10.0 Å². The molecule has 15 heavy (non-hydrogen) atoms. The molecule has 1 unspecified atom stereocenters. The summed E-state index contributed by atoms with van der Waals surface area (Å²) < 4.78 is 25.9. The molecule has 0 aromatic heterocycles. The molecule has 0 bridgehead atoms. The summed E-state index contributed by atoms with van der Waals surface area (Å²) in [5.41, 5.74) is 5.63. The summed E-state index contributed by atoms with van der Waals surface area (Å²) in [6.07, 6.45) is 5.28. The van der Waals surface area contributed by atoms with Gasteiger partial charge in [-0.1, -0.05) is 19.8 Å². The van der Waals surface area contributed by atoms with Gasteiger partial charge < -0.3 is 5.73 Å². The Morgan fingerprint density at radius 2 is 2.00 bits per heavy atom. The fourth-order valence-corrected chi connectivity index (χ4v) is 3.66. The fourth-order valence-electron chi connectivity index (χ4n) is 2.25. The molecule has 1 saturated carbocycles. The van der Waals surface area contributed by atoms with Gasteiger partial charge in [0.2, 0.25) is 10.0 Å². The van der Waals surface area contributed by atoms with Gasteiger partial charge in [-0.3, -0.25) is 0 Å². The van der Waals surface area contributed by atoms with Gasteiger partial charge in [-0.05, 0) is 25.2 Å². The molecular weight excluding hydrogens is 212 g/mol. The van der Waals surface area contributed by atoms with Crippen molar-refractivity contribution in [1.29, 1.82) is 0 Å². The number of rotatable bonds is 6. The van der Waals surface area contributed by atoms with Crippen LogP contribution in [0.1, 0.15) is 39.0 Å². The summed E-state index contributed by atoms with van der Waals surface area (Å²) in [5, 5.41) is 0.